The summed E-state index contributed by atoms with van der Waals surface area (Å²) in [7, 11) is 0. The van der Waals surface area contributed by atoms with Gasteiger partial charge in [-0.05, 0) is 54.8 Å². The van der Waals surface area contributed by atoms with E-state index in [0.29, 0.717) is 11.1 Å². The Morgan fingerprint density at radius 2 is 1.84 bits per heavy atom. The van der Waals surface area contributed by atoms with Gasteiger partial charge >= 0.3 is 5.97 Å². The molecule has 19 heavy (non-hydrogen) atoms. The quantitative estimate of drug-likeness (QED) is 0.880. The molecule has 0 saturated heterocycles. The van der Waals surface area contributed by atoms with Gasteiger partial charge in [-0.2, -0.15) is 0 Å². The lowest BCUT2D eigenvalue weighted by molar-refractivity contribution is 0.0697. The first-order valence-electron chi connectivity index (χ1n) is 5.69. The second-order valence-corrected chi connectivity index (χ2v) is 4.91. The smallest absolute Gasteiger partial charge is 0.335 e. The van der Waals surface area contributed by atoms with Gasteiger partial charge in [0.2, 0.25) is 0 Å². The Hall–Kier alpha value is -1.87. The Kier molecular flexibility index (Phi) is 3.58. The zero-order chi connectivity index (χ0) is 14.2. The van der Waals surface area contributed by atoms with Crippen molar-refractivity contribution in [2.24, 2.45) is 0 Å². The van der Waals surface area contributed by atoms with E-state index < -0.39 is 5.97 Å². The van der Waals surface area contributed by atoms with Crippen molar-refractivity contribution in [3.63, 3.8) is 0 Å². The van der Waals surface area contributed by atoms with E-state index in [-0.39, 0.29) is 16.4 Å². The molecule has 0 spiro atoms. The second-order valence-electron chi connectivity index (χ2n) is 4.47. The minimum Gasteiger partial charge on any atom is -0.478 e. The van der Waals surface area contributed by atoms with Gasteiger partial charge in [0.25, 0.3) is 0 Å². The number of carboxylic acids is 1. The zero-order valence-electron chi connectivity index (χ0n) is 10.5. The highest BCUT2D eigenvalue weighted by molar-refractivity contribution is 6.31. The minimum absolute atomic E-state index is 0.0434. The Morgan fingerprint density at radius 1 is 1.16 bits per heavy atom. The maximum absolute atomic E-state index is 14.1. The van der Waals surface area contributed by atoms with E-state index in [1.807, 2.05) is 6.07 Å². The van der Waals surface area contributed by atoms with E-state index in [0.717, 1.165) is 11.1 Å². The molecule has 0 aliphatic heterocycles. The third-order valence-corrected chi connectivity index (χ3v) is 3.08. The number of carboxylic acid groups (broad SMARTS) is 1. The summed E-state index contributed by atoms with van der Waals surface area (Å²) in [4.78, 5) is 11.0. The van der Waals surface area contributed by atoms with Crippen LogP contribution in [0.5, 0.6) is 0 Å². The van der Waals surface area contributed by atoms with Crippen molar-refractivity contribution in [3.05, 3.63) is 57.9 Å². The predicted octanol–water partition coefficient (Wildman–Crippen LogP) is 4.46. The zero-order valence-corrected chi connectivity index (χ0v) is 11.3. The highest BCUT2D eigenvalue weighted by Gasteiger charge is 2.13. The molecule has 0 aliphatic carbocycles. The van der Waals surface area contributed by atoms with Crippen molar-refractivity contribution in [2.45, 2.75) is 13.8 Å². The molecule has 4 heteroatoms. The molecular weight excluding hydrogens is 267 g/mol. The summed E-state index contributed by atoms with van der Waals surface area (Å²) in [6, 6.07) is 7.60. The van der Waals surface area contributed by atoms with Gasteiger partial charge in [-0.15, -0.1) is 0 Å². The third kappa shape index (κ3) is 2.76. The van der Waals surface area contributed by atoms with Gasteiger partial charge in [0.05, 0.1) is 5.56 Å². The van der Waals surface area contributed by atoms with Crippen LogP contribution < -0.4 is 0 Å². The minimum atomic E-state index is -1.09. The molecule has 2 rings (SSSR count). The highest BCUT2D eigenvalue weighted by Crippen LogP contribution is 2.30. The Labute approximate surface area is 115 Å². The van der Waals surface area contributed by atoms with Crippen LogP contribution in [0.25, 0.3) is 11.1 Å². The molecule has 1 N–H and O–H groups in total. The molecule has 0 unspecified atom stereocenters. The van der Waals surface area contributed by atoms with E-state index >= 15 is 0 Å². The third-order valence-electron chi connectivity index (χ3n) is 2.87. The molecule has 0 amide bonds. The molecule has 0 saturated carbocycles. The molecule has 2 nitrogen and oxygen atoms in total. The monoisotopic (exact) mass is 278 g/mol. The molecule has 0 aliphatic rings. The van der Waals surface area contributed by atoms with Gasteiger partial charge in [0.15, 0.2) is 0 Å². The van der Waals surface area contributed by atoms with Gasteiger partial charge in [-0.25, -0.2) is 9.18 Å². The average Bonchev–Trinajstić information content (AvgIpc) is 2.26. The lowest BCUT2D eigenvalue weighted by atomic mass is 9.96. The van der Waals surface area contributed by atoms with Gasteiger partial charge < -0.3 is 5.11 Å². The lowest BCUT2D eigenvalue weighted by Gasteiger charge is -2.10. The van der Waals surface area contributed by atoms with Crippen LogP contribution >= 0.6 is 11.6 Å². The van der Waals surface area contributed by atoms with Crippen molar-refractivity contribution >= 4 is 17.6 Å². The number of halogens is 2. The number of aryl methyl sites for hydroxylation is 2. The fourth-order valence-corrected chi connectivity index (χ4v) is 2.37. The van der Waals surface area contributed by atoms with Crippen molar-refractivity contribution in [2.75, 3.05) is 0 Å². The maximum atomic E-state index is 14.1. The summed E-state index contributed by atoms with van der Waals surface area (Å²) in [6.07, 6.45) is 0. The summed E-state index contributed by atoms with van der Waals surface area (Å²) in [5.41, 5.74) is 2.47. The highest BCUT2D eigenvalue weighted by atomic mass is 35.5. The van der Waals surface area contributed by atoms with Gasteiger partial charge in [-0.3, -0.25) is 0 Å². The van der Waals surface area contributed by atoms with Crippen molar-refractivity contribution in [3.8, 4) is 11.1 Å². The van der Waals surface area contributed by atoms with Crippen LogP contribution in [0.1, 0.15) is 21.5 Å². The van der Waals surface area contributed by atoms with Gasteiger partial charge in [-0.1, -0.05) is 17.7 Å². The molecule has 0 aromatic heterocycles. The average molecular weight is 279 g/mol. The van der Waals surface area contributed by atoms with Gasteiger partial charge in [0.1, 0.15) is 5.82 Å². The van der Waals surface area contributed by atoms with E-state index in [2.05, 4.69) is 0 Å². The summed E-state index contributed by atoms with van der Waals surface area (Å²) in [5.74, 6) is -1.47. The Morgan fingerprint density at radius 3 is 2.42 bits per heavy atom. The van der Waals surface area contributed by atoms with Crippen LogP contribution in [-0.2, 0) is 0 Å². The molecule has 0 radical (unpaired) electrons. The maximum Gasteiger partial charge on any atom is 0.335 e. The second kappa shape index (κ2) is 5.02. The largest absolute Gasteiger partial charge is 0.478 e. The van der Waals surface area contributed by atoms with Crippen molar-refractivity contribution in [1.29, 1.82) is 0 Å². The normalized spacial score (nSPS) is 10.5. The first kappa shape index (κ1) is 13.6. The van der Waals surface area contributed by atoms with Crippen LogP contribution in [0, 0.1) is 19.7 Å². The van der Waals surface area contributed by atoms with Crippen LogP contribution in [0.4, 0.5) is 4.39 Å². The fraction of sp³-hybridized carbons (Fsp3) is 0.133. The Bertz CT molecular complexity index is 642. The lowest BCUT2D eigenvalue weighted by Crippen LogP contribution is -1.98. The van der Waals surface area contributed by atoms with E-state index in [4.69, 9.17) is 16.7 Å². The van der Waals surface area contributed by atoms with Crippen LogP contribution in [0.3, 0.4) is 0 Å². The number of rotatable bonds is 2. The molecule has 2 aromatic carbocycles. The van der Waals surface area contributed by atoms with Gasteiger partial charge in [0, 0.05) is 10.6 Å². The van der Waals surface area contributed by atoms with Crippen molar-refractivity contribution in [1.82, 2.24) is 0 Å². The first-order chi connectivity index (χ1) is 8.88. The predicted molar refractivity (Wildman–Crippen MR) is 73.3 cm³/mol. The summed E-state index contributed by atoms with van der Waals surface area (Å²) >= 11 is 5.89. The molecular formula is C15H12ClFO2. The molecule has 0 heterocycles. The van der Waals surface area contributed by atoms with Crippen molar-refractivity contribution < 1.29 is 14.3 Å². The molecule has 0 bridgehead atoms. The number of benzene rings is 2. The number of aromatic carboxylic acids is 1. The Balaban J connectivity index is 2.69. The molecule has 2 aromatic rings. The van der Waals surface area contributed by atoms with Crippen LogP contribution in [0.2, 0.25) is 5.02 Å². The number of hydrogen-bond acceptors (Lipinski definition) is 1. The molecule has 98 valence electrons. The fourth-order valence-electron chi connectivity index (χ4n) is 2.14. The van der Waals surface area contributed by atoms with E-state index in [1.54, 1.807) is 19.9 Å². The molecule has 0 fully saturated rings. The topological polar surface area (TPSA) is 37.3 Å². The molecule has 0 atom stereocenters. The summed E-state index contributed by atoms with van der Waals surface area (Å²) in [6.45, 7) is 3.59. The standard InChI is InChI=1S/C15H12ClFO2/c1-8-3-9(2)14(13(17)4-8)10-5-11(15(18)19)7-12(16)6-10/h3-7H,1-2H3,(H,18,19). The summed E-state index contributed by atoms with van der Waals surface area (Å²) < 4.78 is 14.1. The van der Waals surface area contributed by atoms with E-state index in [1.165, 1.54) is 18.2 Å². The van der Waals surface area contributed by atoms with Crippen LogP contribution in [-0.4, -0.2) is 11.1 Å². The number of carbonyl (C=O) groups is 1. The first-order valence-corrected chi connectivity index (χ1v) is 6.07. The van der Waals surface area contributed by atoms with E-state index in [9.17, 15) is 9.18 Å². The number of hydrogen-bond donors (Lipinski definition) is 1. The van der Waals surface area contributed by atoms with Crippen LogP contribution in [0.15, 0.2) is 30.3 Å². The summed E-state index contributed by atoms with van der Waals surface area (Å²) in [5, 5.41) is 9.28. The SMILES string of the molecule is Cc1cc(C)c(-c2cc(Cl)cc(C(=O)O)c2)c(F)c1.